The molecule has 0 bridgehead atoms. The summed E-state index contributed by atoms with van der Waals surface area (Å²) in [5.74, 6) is 0. The molecule has 13 heavy (non-hydrogen) atoms. The molecule has 0 aliphatic heterocycles. The second kappa shape index (κ2) is 3.54. The van der Waals surface area contributed by atoms with E-state index in [0.717, 1.165) is 0 Å². The van der Waals surface area contributed by atoms with Crippen LogP contribution < -0.4 is 0 Å². The van der Waals surface area contributed by atoms with Crippen LogP contribution in [0.1, 0.15) is 5.56 Å². The van der Waals surface area contributed by atoms with Crippen LogP contribution in [0.2, 0.25) is 0 Å². The molecule has 0 saturated carbocycles. The van der Waals surface area contributed by atoms with Gasteiger partial charge in [0.05, 0.1) is 5.69 Å². The maximum atomic E-state index is 2.35. The molecule has 1 nitrogen and oxygen atoms in total. The van der Waals surface area contributed by atoms with Gasteiger partial charge in [0.2, 0.25) is 0 Å². The van der Waals surface area contributed by atoms with Gasteiger partial charge in [0.15, 0.2) is 0 Å². The first-order valence-corrected chi connectivity index (χ1v) is 5.25. The third-order valence-corrected chi connectivity index (χ3v) is 2.88. The van der Waals surface area contributed by atoms with Crippen molar-refractivity contribution < 1.29 is 0 Å². The molecule has 2 heteroatoms. The van der Waals surface area contributed by atoms with Crippen molar-refractivity contribution in [3.63, 3.8) is 0 Å². The van der Waals surface area contributed by atoms with Gasteiger partial charge in [-0.25, -0.2) is 0 Å². The Morgan fingerprint density at radius 2 is 1.92 bits per heavy atom. The highest BCUT2D eigenvalue weighted by Crippen LogP contribution is 2.17. The first kappa shape index (κ1) is 8.81. The summed E-state index contributed by atoms with van der Waals surface area (Å²) in [6.07, 6.45) is 4.23. The van der Waals surface area contributed by atoms with E-state index in [2.05, 4.69) is 76.8 Å². The van der Waals surface area contributed by atoms with Gasteiger partial charge >= 0.3 is 0 Å². The van der Waals surface area contributed by atoms with Gasteiger partial charge < -0.3 is 4.57 Å². The molecular formula is C11H10IN. The van der Waals surface area contributed by atoms with Crippen LogP contribution >= 0.6 is 22.6 Å². The number of rotatable bonds is 1. The highest BCUT2D eigenvalue weighted by molar-refractivity contribution is 14.1. The number of hydrogen-bond donors (Lipinski definition) is 0. The van der Waals surface area contributed by atoms with E-state index in [1.54, 1.807) is 0 Å². The van der Waals surface area contributed by atoms with E-state index >= 15 is 0 Å². The topological polar surface area (TPSA) is 4.93 Å². The molecule has 2 rings (SSSR count). The fraction of sp³-hybridized carbons (Fsp3) is 0.0909. The minimum absolute atomic E-state index is 1.25. The molecule has 0 spiro atoms. The Morgan fingerprint density at radius 1 is 1.15 bits per heavy atom. The summed E-state index contributed by atoms with van der Waals surface area (Å²) >= 11 is 2.35. The summed E-state index contributed by atoms with van der Waals surface area (Å²) in [6, 6.07) is 10.5. The first-order chi connectivity index (χ1) is 6.27. The number of benzene rings is 1. The lowest BCUT2D eigenvalue weighted by molar-refractivity contribution is 1.07. The average molecular weight is 283 g/mol. The number of aryl methyl sites for hydroxylation is 1. The zero-order valence-corrected chi connectivity index (χ0v) is 9.52. The zero-order chi connectivity index (χ0) is 9.26. The van der Waals surface area contributed by atoms with Crippen molar-refractivity contribution in [3.05, 3.63) is 51.9 Å². The molecule has 0 amide bonds. The average Bonchev–Trinajstić information content (AvgIpc) is 2.53. The van der Waals surface area contributed by atoms with Gasteiger partial charge in [0.1, 0.15) is 0 Å². The van der Waals surface area contributed by atoms with E-state index in [1.165, 1.54) is 14.8 Å². The fourth-order valence-corrected chi connectivity index (χ4v) is 1.98. The second-order valence-corrected chi connectivity index (χ2v) is 4.21. The summed E-state index contributed by atoms with van der Waals surface area (Å²) in [5, 5.41) is 0. The van der Waals surface area contributed by atoms with Gasteiger partial charge in [-0.05, 0) is 53.3 Å². The maximum Gasteiger partial charge on any atom is 0.0583 e. The van der Waals surface area contributed by atoms with Gasteiger partial charge in [0.25, 0.3) is 0 Å². The standard InChI is InChI=1S/C11H10IN/c1-9-6-7-13(8-9)11-5-3-2-4-10(11)12/h2-8H,1H3. The molecular weight excluding hydrogens is 273 g/mol. The van der Waals surface area contributed by atoms with Crippen molar-refractivity contribution in [2.75, 3.05) is 0 Å². The van der Waals surface area contributed by atoms with Crippen LogP contribution in [0, 0.1) is 10.5 Å². The highest BCUT2D eigenvalue weighted by Gasteiger charge is 1.99. The van der Waals surface area contributed by atoms with E-state index in [0.29, 0.717) is 0 Å². The molecule has 66 valence electrons. The van der Waals surface area contributed by atoms with Crippen molar-refractivity contribution in [1.29, 1.82) is 0 Å². The van der Waals surface area contributed by atoms with E-state index < -0.39 is 0 Å². The molecule has 0 aliphatic rings. The summed E-state index contributed by atoms with van der Waals surface area (Å²) < 4.78 is 3.42. The van der Waals surface area contributed by atoms with Gasteiger partial charge in [-0.2, -0.15) is 0 Å². The van der Waals surface area contributed by atoms with Crippen LogP contribution in [0.3, 0.4) is 0 Å². The summed E-state index contributed by atoms with van der Waals surface area (Å²) in [6.45, 7) is 2.10. The van der Waals surface area contributed by atoms with Crippen LogP contribution in [0.25, 0.3) is 5.69 Å². The van der Waals surface area contributed by atoms with Crippen LogP contribution in [0.15, 0.2) is 42.7 Å². The molecule has 1 aromatic carbocycles. The predicted octanol–water partition coefficient (Wildman–Crippen LogP) is 3.39. The minimum Gasteiger partial charge on any atom is -0.323 e. The SMILES string of the molecule is Cc1ccn(-c2ccccc2I)c1. The van der Waals surface area contributed by atoms with Gasteiger partial charge in [-0.15, -0.1) is 0 Å². The van der Waals surface area contributed by atoms with Gasteiger partial charge in [-0.3, -0.25) is 0 Å². The lowest BCUT2D eigenvalue weighted by Crippen LogP contribution is -1.92. The van der Waals surface area contributed by atoms with Crippen LogP contribution in [-0.4, -0.2) is 4.57 Å². The van der Waals surface area contributed by atoms with Crippen LogP contribution in [0.4, 0.5) is 0 Å². The Balaban J connectivity index is 2.52. The van der Waals surface area contributed by atoms with E-state index in [1.807, 2.05) is 0 Å². The largest absolute Gasteiger partial charge is 0.323 e. The Bertz CT molecular complexity index is 418. The number of halogens is 1. The molecule has 0 unspecified atom stereocenters. The van der Waals surface area contributed by atoms with Gasteiger partial charge in [-0.1, -0.05) is 12.1 Å². The second-order valence-electron chi connectivity index (χ2n) is 3.05. The van der Waals surface area contributed by atoms with Crippen molar-refractivity contribution in [3.8, 4) is 5.69 Å². The molecule has 0 fully saturated rings. The smallest absolute Gasteiger partial charge is 0.0583 e. The highest BCUT2D eigenvalue weighted by atomic mass is 127. The van der Waals surface area contributed by atoms with Crippen molar-refractivity contribution in [1.82, 2.24) is 4.57 Å². The lowest BCUT2D eigenvalue weighted by Gasteiger charge is -2.04. The molecule has 0 aliphatic carbocycles. The van der Waals surface area contributed by atoms with E-state index in [9.17, 15) is 0 Å². The zero-order valence-electron chi connectivity index (χ0n) is 7.37. The predicted molar refractivity (Wildman–Crippen MR) is 63.2 cm³/mol. The normalized spacial score (nSPS) is 10.3. The number of aromatic nitrogens is 1. The number of nitrogens with zero attached hydrogens (tertiary/aromatic N) is 1. The van der Waals surface area contributed by atoms with E-state index in [-0.39, 0.29) is 0 Å². The maximum absolute atomic E-state index is 2.35. The minimum atomic E-state index is 1.25. The molecule has 0 atom stereocenters. The van der Waals surface area contributed by atoms with Crippen LogP contribution in [-0.2, 0) is 0 Å². The van der Waals surface area contributed by atoms with Crippen LogP contribution in [0.5, 0.6) is 0 Å². The monoisotopic (exact) mass is 283 g/mol. The summed E-state index contributed by atoms with van der Waals surface area (Å²) in [5.41, 5.74) is 2.54. The molecule has 0 radical (unpaired) electrons. The molecule has 2 aromatic rings. The first-order valence-electron chi connectivity index (χ1n) is 4.17. The molecule has 0 saturated heterocycles. The summed E-state index contributed by atoms with van der Waals surface area (Å²) in [7, 11) is 0. The third kappa shape index (κ3) is 1.77. The Morgan fingerprint density at radius 3 is 2.54 bits per heavy atom. The third-order valence-electron chi connectivity index (χ3n) is 1.97. The number of para-hydroxylation sites is 1. The summed E-state index contributed by atoms with van der Waals surface area (Å²) in [4.78, 5) is 0. The Labute approximate surface area is 91.5 Å². The number of hydrogen-bond acceptors (Lipinski definition) is 0. The van der Waals surface area contributed by atoms with Crippen molar-refractivity contribution >= 4 is 22.6 Å². The Kier molecular flexibility index (Phi) is 2.40. The quantitative estimate of drug-likeness (QED) is 0.707. The molecule has 1 aromatic heterocycles. The lowest BCUT2D eigenvalue weighted by atomic mass is 10.3. The van der Waals surface area contributed by atoms with Crippen molar-refractivity contribution in [2.45, 2.75) is 6.92 Å². The Hall–Kier alpha value is -0.770. The molecule has 0 N–H and O–H groups in total. The fourth-order valence-electron chi connectivity index (χ4n) is 1.31. The van der Waals surface area contributed by atoms with Gasteiger partial charge in [0, 0.05) is 16.0 Å². The van der Waals surface area contributed by atoms with E-state index in [4.69, 9.17) is 0 Å². The van der Waals surface area contributed by atoms with Crippen molar-refractivity contribution in [2.24, 2.45) is 0 Å². The molecule has 1 heterocycles.